The van der Waals surface area contributed by atoms with Crippen LogP contribution in [0.5, 0.6) is 0 Å². The van der Waals surface area contributed by atoms with Gasteiger partial charge >= 0.3 is 5.97 Å². The molecule has 0 radical (unpaired) electrons. The van der Waals surface area contributed by atoms with Gasteiger partial charge in [0.1, 0.15) is 6.04 Å². The van der Waals surface area contributed by atoms with E-state index in [9.17, 15) is 14.7 Å². The van der Waals surface area contributed by atoms with Crippen molar-refractivity contribution in [2.24, 2.45) is 11.8 Å². The van der Waals surface area contributed by atoms with E-state index >= 15 is 0 Å². The number of aliphatic hydroxyl groups excluding tert-OH is 1. The van der Waals surface area contributed by atoms with Crippen molar-refractivity contribution in [3.8, 4) is 0 Å². The van der Waals surface area contributed by atoms with E-state index in [4.69, 9.17) is 5.11 Å². The molecule has 0 bridgehead atoms. The van der Waals surface area contributed by atoms with E-state index in [0.717, 1.165) is 0 Å². The largest absolute Gasteiger partial charge is 0.480 e. The third-order valence-corrected chi connectivity index (χ3v) is 3.85. The van der Waals surface area contributed by atoms with Crippen LogP contribution in [-0.4, -0.2) is 46.3 Å². The summed E-state index contributed by atoms with van der Waals surface area (Å²) in [6.45, 7) is 9.11. The van der Waals surface area contributed by atoms with Crippen molar-refractivity contribution in [3.63, 3.8) is 0 Å². The summed E-state index contributed by atoms with van der Waals surface area (Å²) in [5.41, 5.74) is 0. The van der Waals surface area contributed by atoms with Crippen LogP contribution in [0.3, 0.4) is 0 Å². The molecule has 1 fully saturated rings. The van der Waals surface area contributed by atoms with E-state index in [-0.39, 0.29) is 23.8 Å². The lowest BCUT2D eigenvalue weighted by Gasteiger charge is -2.32. The maximum absolute atomic E-state index is 11.4. The Morgan fingerprint density at radius 2 is 2.10 bits per heavy atom. The summed E-state index contributed by atoms with van der Waals surface area (Å²) in [4.78, 5) is 22.6. The van der Waals surface area contributed by atoms with Gasteiger partial charge in [0.05, 0.1) is 12.1 Å². The average molecular weight is 298 g/mol. The molecule has 1 heterocycles. The molecule has 4 N–H and O–H groups in total. The van der Waals surface area contributed by atoms with Crippen LogP contribution in [0.2, 0.25) is 0 Å². The Bertz CT molecular complexity index is 397. The summed E-state index contributed by atoms with van der Waals surface area (Å²) in [5.74, 6) is -1.00. The van der Waals surface area contributed by atoms with E-state index < -0.39 is 24.2 Å². The second kappa shape index (κ2) is 7.56. The maximum atomic E-state index is 11.4. The summed E-state index contributed by atoms with van der Waals surface area (Å²) in [5, 5.41) is 25.3. The molecular weight excluding hydrogens is 272 g/mol. The molecule has 5 atom stereocenters. The van der Waals surface area contributed by atoms with Crippen molar-refractivity contribution in [1.82, 2.24) is 10.6 Å². The molecule has 2 unspecified atom stereocenters. The van der Waals surface area contributed by atoms with Gasteiger partial charge in [-0.05, 0) is 24.7 Å². The molecule has 0 spiro atoms. The summed E-state index contributed by atoms with van der Waals surface area (Å²) in [7, 11) is 0. The van der Waals surface area contributed by atoms with Crippen molar-refractivity contribution in [3.05, 3.63) is 12.7 Å². The first-order chi connectivity index (χ1) is 9.76. The topological polar surface area (TPSA) is 98.7 Å². The maximum Gasteiger partial charge on any atom is 0.320 e. The monoisotopic (exact) mass is 298 g/mol. The van der Waals surface area contributed by atoms with E-state index in [1.807, 2.05) is 13.8 Å². The zero-order chi connectivity index (χ0) is 16.2. The molecular formula is C15H26N2O4. The second-order valence-corrected chi connectivity index (χ2v) is 6.14. The number of carbonyl (C=O) groups excluding carboxylic acids is 1. The number of aliphatic carboxylic acids is 1. The highest BCUT2D eigenvalue weighted by atomic mass is 16.4. The fraction of sp³-hybridized carbons (Fsp3) is 0.733. The van der Waals surface area contributed by atoms with Gasteiger partial charge in [-0.1, -0.05) is 19.9 Å². The number of hydrogen-bond donors (Lipinski definition) is 4. The molecule has 1 amide bonds. The first-order valence-electron chi connectivity index (χ1n) is 7.32. The normalized spacial score (nSPS) is 28.1. The zero-order valence-corrected chi connectivity index (χ0v) is 12.9. The van der Waals surface area contributed by atoms with Crippen LogP contribution in [-0.2, 0) is 9.59 Å². The smallest absolute Gasteiger partial charge is 0.320 e. The van der Waals surface area contributed by atoms with Crippen LogP contribution in [0.25, 0.3) is 0 Å². The molecule has 1 aliphatic rings. The Kier molecular flexibility index (Phi) is 6.36. The van der Waals surface area contributed by atoms with Crippen molar-refractivity contribution in [1.29, 1.82) is 0 Å². The van der Waals surface area contributed by atoms with Crippen molar-refractivity contribution >= 4 is 11.9 Å². The molecule has 6 nitrogen and oxygen atoms in total. The fourth-order valence-electron chi connectivity index (χ4n) is 2.92. The number of nitrogens with one attached hydrogen (secondary N) is 2. The Morgan fingerprint density at radius 1 is 1.48 bits per heavy atom. The van der Waals surface area contributed by atoms with Gasteiger partial charge in [0.25, 0.3) is 0 Å². The van der Waals surface area contributed by atoms with Crippen molar-refractivity contribution < 1.29 is 19.8 Å². The van der Waals surface area contributed by atoms with Crippen molar-refractivity contribution in [2.45, 2.75) is 57.8 Å². The van der Waals surface area contributed by atoms with Crippen LogP contribution in [0, 0.1) is 11.8 Å². The highest BCUT2D eigenvalue weighted by molar-refractivity contribution is 5.75. The third kappa shape index (κ3) is 4.82. The average Bonchev–Trinajstić information content (AvgIpc) is 2.78. The highest BCUT2D eigenvalue weighted by Gasteiger charge is 2.42. The predicted molar refractivity (Wildman–Crippen MR) is 79.7 cm³/mol. The van der Waals surface area contributed by atoms with Gasteiger partial charge in [-0.2, -0.15) is 0 Å². The van der Waals surface area contributed by atoms with Gasteiger partial charge in [-0.3, -0.25) is 14.9 Å². The number of aliphatic hydroxyl groups is 1. The minimum Gasteiger partial charge on any atom is -0.480 e. The zero-order valence-electron chi connectivity index (χ0n) is 12.9. The van der Waals surface area contributed by atoms with Crippen LogP contribution in [0.4, 0.5) is 0 Å². The van der Waals surface area contributed by atoms with Gasteiger partial charge < -0.3 is 15.5 Å². The number of carbonyl (C=O) groups is 2. The molecule has 0 aliphatic carbocycles. The molecule has 1 rings (SSSR count). The molecule has 21 heavy (non-hydrogen) atoms. The summed E-state index contributed by atoms with van der Waals surface area (Å²) >= 11 is 0. The van der Waals surface area contributed by atoms with Crippen LogP contribution in [0.1, 0.15) is 33.6 Å². The molecule has 6 heteroatoms. The van der Waals surface area contributed by atoms with Gasteiger partial charge in [-0.15, -0.1) is 6.58 Å². The SMILES string of the molecule is C=CC1CC(C(=O)O)N[C@H]1[C@@H](NC(C)=O)[C@H](O)CC(C)C. The Morgan fingerprint density at radius 3 is 2.52 bits per heavy atom. The molecule has 0 aromatic heterocycles. The first-order valence-corrected chi connectivity index (χ1v) is 7.32. The van der Waals surface area contributed by atoms with Crippen molar-refractivity contribution in [2.75, 3.05) is 0 Å². The minimum atomic E-state index is -0.927. The number of hydrogen-bond acceptors (Lipinski definition) is 4. The fourth-order valence-corrected chi connectivity index (χ4v) is 2.92. The Hall–Kier alpha value is -1.40. The van der Waals surface area contributed by atoms with E-state index in [2.05, 4.69) is 17.2 Å². The number of carboxylic acids is 1. The van der Waals surface area contributed by atoms with Crippen LogP contribution < -0.4 is 10.6 Å². The molecule has 0 aromatic carbocycles. The van der Waals surface area contributed by atoms with E-state index in [1.54, 1.807) is 6.08 Å². The molecule has 1 saturated heterocycles. The van der Waals surface area contributed by atoms with Gasteiger partial charge in [0.15, 0.2) is 0 Å². The minimum absolute atomic E-state index is 0.107. The Balaban J connectivity index is 2.92. The van der Waals surface area contributed by atoms with E-state index in [1.165, 1.54) is 6.92 Å². The number of rotatable bonds is 7. The first kappa shape index (κ1) is 17.7. The third-order valence-electron chi connectivity index (χ3n) is 3.85. The lowest BCUT2D eigenvalue weighted by molar-refractivity contribution is -0.139. The highest BCUT2D eigenvalue weighted by Crippen LogP contribution is 2.27. The summed E-state index contributed by atoms with van der Waals surface area (Å²) in [6.07, 6.45) is 1.90. The van der Waals surface area contributed by atoms with Gasteiger partial charge in [0.2, 0.25) is 5.91 Å². The molecule has 0 saturated carbocycles. The lowest BCUT2D eigenvalue weighted by atomic mass is 9.88. The van der Waals surface area contributed by atoms with Gasteiger partial charge in [-0.25, -0.2) is 0 Å². The number of amides is 1. The van der Waals surface area contributed by atoms with Crippen LogP contribution >= 0.6 is 0 Å². The quantitative estimate of drug-likeness (QED) is 0.514. The Labute approximate surface area is 125 Å². The second-order valence-electron chi connectivity index (χ2n) is 6.14. The lowest BCUT2D eigenvalue weighted by Crippen LogP contribution is -2.57. The molecule has 1 aliphatic heterocycles. The van der Waals surface area contributed by atoms with E-state index in [0.29, 0.717) is 12.8 Å². The standard InChI is InChI=1S/C15H26N2O4/c1-5-10-7-11(15(20)21)17-13(10)14(16-9(4)18)12(19)6-8(2)3/h5,8,10-14,17,19H,1,6-7H2,2-4H3,(H,16,18)(H,20,21)/t10?,11?,12-,13-,14+/m1/s1. The van der Waals surface area contributed by atoms with Crippen LogP contribution in [0.15, 0.2) is 12.7 Å². The molecule has 0 aromatic rings. The number of carboxylic acid groups (broad SMARTS) is 1. The predicted octanol–water partition coefficient (Wildman–Crippen LogP) is 0.515. The summed E-state index contributed by atoms with van der Waals surface area (Å²) in [6, 6.07) is -1.54. The summed E-state index contributed by atoms with van der Waals surface area (Å²) < 4.78 is 0. The van der Waals surface area contributed by atoms with Gasteiger partial charge in [0, 0.05) is 13.0 Å². The molecule has 120 valence electrons.